The van der Waals surface area contributed by atoms with Gasteiger partial charge >= 0.3 is 5.97 Å². The molecule has 0 bridgehead atoms. The molecule has 1 aromatic rings. The van der Waals surface area contributed by atoms with E-state index in [1.54, 1.807) is 6.07 Å². The summed E-state index contributed by atoms with van der Waals surface area (Å²) in [6, 6.07) is 3.74. The molecular weight excluding hydrogens is 298 g/mol. The lowest BCUT2D eigenvalue weighted by Crippen LogP contribution is -2.50. The summed E-state index contributed by atoms with van der Waals surface area (Å²) in [5.74, 6) is 0.741. The molecule has 3 heterocycles. The van der Waals surface area contributed by atoms with Crippen LogP contribution in [0.15, 0.2) is 23.8 Å². The number of hydrogen-bond donors (Lipinski definition) is 1. The van der Waals surface area contributed by atoms with Crippen LogP contribution in [0.2, 0.25) is 0 Å². The van der Waals surface area contributed by atoms with E-state index in [-0.39, 0.29) is 18.8 Å². The molecule has 0 aromatic heterocycles. The van der Waals surface area contributed by atoms with Gasteiger partial charge in [-0.05, 0) is 31.2 Å². The van der Waals surface area contributed by atoms with Gasteiger partial charge in [0.1, 0.15) is 12.2 Å². The molecule has 1 fully saturated rings. The first kappa shape index (κ1) is 13.4. The van der Waals surface area contributed by atoms with Crippen LogP contribution in [-0.2, 0) is 4.74 Å². The number of benzene rings is 1. The van der Waals surface area contributed by atoms with Gasteiger partial charge in [-0.15, -0.1) is 0 Å². The van der Waals surface area contributed by atoms with Crippen molar-refractivity contribution in [1.29, 1.82) is 0 Å². The summed E-state index contributed by atoms with van der Waals surface area (Å²) in [5, 5.41) is 10.4. The third-order valence-electron chi connectivity index (χ3n) is 5.39. The third kappa shape index (κ3) is 1.73. The number of aliphatic hydroxyl groups excluding tert-OH is 1. The molecule has 1 aliphatic carbocycles. The molecule has 23 heavy (non-hydrogen) atoms. The summed E-state index contributed by atoms with van der Waals surface area (Å²) in [4.78, 5) is 14.7. The predicted octanol–water partition coefficient (Wildman–Crippen LogP) is 1.04. The van der Waals surface area contributed by atoms with Crippen LogP contribution in [0, 0.1) is 0 Å². The molecule has 120 valence electrons. The van der Waals surface area contributed by atoms with Gasteiger partial charge in [0.25, 0.3) is 0 Å². The second kappa shape index (κ2) is 4.49. The maximum Gasteiger partial charge on any atom is 0.338 e. The zero-order valence-corrected chi connectivity index (χ0v) is 12.7. The van der Waals surface area contributed by atoms with E-state index < -0.39 is 18.2 Å². The van der Waals surface area contributed by atoms with E-state index in [0.717, 1.165) is 18.5 Å². The van der Waals surface area contributed by atoms with Crippen molar-refractivity contribution in [2.75, 3.05) is 20.4 Å². The second-order valence-electron chi connectivity index (χ2n) is 6.60. The lowest BCUT2D eigenvalue weighted by atomic mass is 9.74. The number of carbonyl (C=O) groups excluding carboxylic acids is 1. The SMILES string of the molecule is CN1CCC2=C[C@@H](O)[C@H]3OC(=O)c4cc5c(cc4C3[C@H]21)OCO5. The Labute approximate surface area is 133 Å². The van der Waals surface area contributed by atoms with Crippen molar-refractivity contribution >= 4 is 5.97 Å². The van der Waals surface area contributed by atoms with Gasteiger partial charge in [0.15, 0.2) is 11.5 Å². The number of carbonyl (C=O) groups is 1. The molecule has 0 saturated carbocycles. The van der Waals surface area contributed by atoms with Crippen molar-refractivity contribution in [3.63, 3.8) is 0 Å². The van der Waals surface area contributed by atoms with E-state index in [0.29, 0.717) is 17.1 Å². The van der Waals surface area contributed by atoms with Crippen molar-refractivity contribution in [3.05, 3.63) is 34.9 Å². The van der Waals surface area contributed by atoms with Crippen LogP contribution in [-0.4, -0.2) is 54.6 Å². The quantitative estimate of drug-likeness (QED) is 0.570. The van der Waals surface area contributed by atoms with Crippen LogP contribution >= 0.6 is 0 Å². The Morgan fingerprint density at radius 3 is 2.87 bits per heavy atom. The van der Waals surface area contributed by atoms with E-state index >= 15 is 0 Å². The average molecular weight is 315 g/mol. The van der Waals surface area contributed by atoms with Crippen LogP contribution in [0.1, 0.15) is 28.3 Å². The number of likely N-dealkylation sites (N-methyl/N-ethyl adjacent to an activating group) is 1. The zero-order valence-electron chi connectivity index (χ0n) is 12.7. The Morgan fingerprint density at radius 1 is 1.26 bits per heavy atom. The number of nitrogens with zero attached hydrogens (tertiary/aromatic N) is 1. The molecule has 6 nitrogen and oxygen atoms in total. The molecule has 1 N–H and O–H groups in total. The standard InChI is InChI=1S/C17H17NO5/c1-18-3-2-8-4-11(19)16-14(15(8)18)9-5-12-13(22-7-21-12)6-10(9)17(20)23-16/h4-6,11,14-16,19H,2-3,7H2,1H3/t11-,14?,15+,16-/m1/s1. The normalized spacial score (nSPS) is 34.3. The molecule has 6 heteroatoms. The average Bonchev–Trinajstić information content (AvgIpc) is 3.13. The van der Waals surface area contributed by atoms with Crippen LogP contribution in [0.3, 0.4) is 0 Å². The summed E-state index contributed by atoms with van der Waals surface area (Å²) in [6.45, 7) is 1.11. The van der Waals surface area contributed by atoms with Crippen molar-refractivity contribution in [1.82, 2.24) is 4.90 Å². The molecule has 3 aliphatic heterocycles. The summed E-state index contributed by atoms with van der Waals surface area (Å²) in [7, 11) is 2.07. The number of aliphatic hydroxyl groups is 1. The smallest absolute Gasteiger partial charge is 0.338 e. The van der Waals surface area contributed by atoms with E-state index in [4.69, 9.17) is 14.2 Å². The molecule has 1 saturated heterocycles. The second-order valence-corrected chi connectivity index (χ2v) is 6.60. The van der Waals surface area contributed by atoms with E-state index in [1.165, 1.54) is 5.57 Å². The van der Waals surface area contributed by atoms with Gasteiger partial charge in [-0.1, -0.05) is 11.6 Å². The highest BCUT2D eigenvalue weighted by molar-refractivity contribution is 5.94. The number of esters is 1. The monoisotopic (exact) mass is 315 g/mol. The summed E-state index contributed by atoms with van der Waals surface area (Å²) in [5.41, 5.74) is 2.63. The highest BCUT2D eigenvalue weighted by atomic mass is 16.7. The van der Waals surface area contributed by atoms with Crippen LogP contribution in [0.25, 0.3) is 0 Å². The number of fused-ring (bicyclic) bond motifs is 6. The van der Waals surface area contributed by atoms with Crippen LogP contribution < -0.4 is 9.47 Å². The Hall–Kier alpha value is -2.05. The van der Waals surface area contributed by atoms with Gasteiger partial charge < -0.3 is 19.3 Å². The van der Waals surface area contributed by atoms with E-state index in [1.807, 2.05) is 12.1 Å². The van der Waals surface area contributed by atoms with Gasteiger partial charge in [-0.2, -0.15) is 0 Å². The highest BCUT2D eigenvalue weighted by Crippen LogP contribution is 2.48. The van der Waals surface area contributed by atoms with Gasteiger partial charge in [0.05, 0.1) is 5.56 Å². The molecule has 4 aliphatic rings. The van der Waals surface area contributed by atoms with E-state index in [2.05, 4.69) is 11.9 Å². The van der Waals surface area contributed by atoms with Gasteiger partial charge in [-0.3, -0.25) is 4.90 Å². The van der Waals surface area contributed by atoms with E-state index in [9.17, 15) is 9.90 Å². The minimum atomic E-state index is -0.764. The molecule has 1 aromatic carbocycles. The predicted molar refractivity (Wildman–Crippen MR) is 79.6 cm³/mol. The maximum atomic E-state index is 12.4. The van der Waals surface area contributed by atoms with Crippen molar-refractivity contribution < 1.29 is 24.1 Å². The number of likely N-dealkylation sites (tertiary alicyclic amines) is 1. The molecule has 4 atom stereocenters. The Balaban J connectivity index is 1.70. The van der Waals surface area contributed by atoms with Gasteiger partial charge in [-0.25, -0.2) is 4.79 Å². The number of ether oxygens (including phenoxy) is 3. The topological polar surface area (TPSA) is 68.2 Å². The number of rotatable bonds is 0. The maximum absolute atomic E-state index is 12.4. The lowest BCUT2D eigenvalue weighted by molar-refractivity contribution is -0.0336. The fourth-order valence-electron chi connectivity index (χ4n) is 4.36. The van der Waals surface area contributed by atoms with Gasteiger partial charge in [0, 0.05) is 18.5 Å². The van der Waals surface area contributed by atoms with Crippen LogP contribution in [0.4, 0.5) is 0 Å². The van der Waals surface area contributed by atoms with Crippen molar-refractivity contribution in [2.45, 2.75) is 30.6 Å². The Morgan fingerprint density at radius 2 is 2.04 bits per heavy atom. The Bertz CT molecular complexity index is 743. The third-order valence-corrected chi connectivity index (χ3v) is 5.39. The summed E-state index contributed by atoms with van der Waals surface area (Å²) in [6.07, 6.45) is 1.49. The first-order valence-corrected chi connectivity index (χ1v) is 7.87. The molecule has 0 radical (unpaired) electrons. The fourth-order valence-corrected chi connectivity index (χ4v) is 4.36. The minimum Gasteiger partial charge on any atom is -0.455 e. The number of hydrogen-bond acceptors (Lipinski definition) is 6. The lowest BCUT2D eigenvalue weighted by Gasteiger charge is -2.43. The molecule has 1 unspecified atom stereocenters. The van der Waals surface area contributed by atoms with Crippen LogP contribution in [0.5, 0.6) is 11.5 Å². The first-order valence-electron chi connectivity index (χ1n) is 7.87. The first-order chi connectivity index (χ1) is 11.1. The van der Waals surface area contributed by atoms with Crippen molar-refractivity contribution in [3.8, 4) is 11.5 Å². The molecule has 5 rings (SSSR count). The fraction of sp³-hybridized carbons (Fsp3) is 0.471. The highest BCUT2D eigenvalue weighted by Gasteiger charge is 2.50. The minimum absolute atomic E-state index is 0.0836. The molecule has 0 amide bonds. The largest absolute Gasteiger partial charge is 0.455 e. The zero-order chi connectivity index (χ0) is 15.7. The van der Waals surface area contributed by atoms with Gasteiger partial charge in [0.2, 0.25) is 6.79 Å². The summed E-state index contributed by atoms with van der Waals surface area (Å²) < 4.78 is 16.4. The summed E-state index contributed by atoms with van der Waals surface area (Å²) >= 11 is 0. The molecule has 0 spiro atoms. The Kier molecular flexibility index (Phi) is 2.61. The molecular formula is C17H17NO5. The van der Waals surface area contributed by atoms with Crippen molar-refractivity contribution in [2.24, 2.45) is 0 Å².